The van der Waals surface area contributed by atoms with Crippen LogP contribution in [0.3, 0.4) is 0 Å². The van der Waals surface area contributed by atoms with E-state index in [1.165, 1.54) is 10.4 Å². The van der Waals surface area contributed by atoms with Gasteiger partial charge in [-0.25, -0.2) is 4.79 Å². The highest BCUT2D eigenvalue weighted by Gasteiger charge is 2.54. The van der Waals surface area contributed by atoms with Crippen molar-refractivity contribution < 1.29 is 28.2 Å². The summed E-state index contributed by atoms with van der Waals surface area (Å²) in [6.07, 6.45) is 0.558. The topological polar surface area (TPSA) is 63.2 Å². The summed E-state index contributed by atoms with van der Waals surface area (Å²) in [7, 11) is -2.89. The molecule has 0 aromatic heterocycles. The van der Waals surface area contributed by atoms with Crippen LogP contribution in [0.25, 0.3) is 0 Å². The van der Waals surface area contributed by atoms with E-state index in [-0.39, 0.29) is 11.6 Å². The van der Waals surface area contributed by atoms with Crippen LogP contribution in [0.15, 0.2) is 134 Å². The molecule has 0 N–H and O–H groups in total. The number of carbonyl (C=O) groups is 1. The van der Waals surface area contributed by atoms with Gasteiger partial charge < -0.3 is 23.4 Å². The summed E-state index contributed by atoms with van der Waals surface area (Å²) in [5, 5.41) is 2.11. The van der Waals surface area contributed by atoms with Crippen LogP contribution < -0.4 is 10.4 Å². The average molecular weight is 651 g/mol. The van der Waals surface area contributed by atoms with Crippen LogP contribution in [-0.4, -0.2) is 52.1 Å². The molecule has 4 unspecified atom stereocenters. The van der Waals surface area contributed by atoms with Gasteiger partial charge in [0.05, 0.1) is 25.4 Å². The zero-order valence-electron chi connectivity index (χ0n) is 27.6. The van der Waals surface area contributed by atoms with E-state index in [0.29, 0.717) is 18.8 Å². The van der Waals surface area contributed by atoms with Gasteiger partial charge in [-0.05, 0) is 45.9 Å². The van der Waals surface area contributed by atoms with Gasteiger partial charge in [0.1, 0.15) is 12.2 Å². The highest BCUT2D eigenvalue weighted by molar-refractivity contribution is 6.99. The Labute approximate surface area is 280 Å². The molecular weight excluding hydrogens is 605 g/mol. The van der Waals surface area contributed by atoms with Gasteiger partial charge in [0.25, 0.3) is 8.32 Å². The molecule has 5 rings (SSSR count). The fourth-order valence-electron chi connectivity index (χ4n) is 6.22. The molecule has 0 bridgehead atoms. The Morgan fingerprint density at radius 3 is 1.89 bits per heavy atom. The summed E-state index contributed by atoms with van der Waals surface area (Å²) in [6, 6.07) is 39.9. The van der Waals surface area contributed by atoms with Crippen molar-refractivity contribution in [2.45, 2.75) is 69.9 Å². The number of hydrogen-bond donors (Lipinski definition) is 0. The van der Waals surface area contributed by atoms with Gasteiger partial charge in [0, 0.05) is 0 Å². The van der Waals surface area contributed by atoms with E-state index >= 15 is 0 Å². The number of benzene rings is 4. The van der Waals surface area contributed by atoms with E-state index in [1.54, 1.807) is 12.1 Å². The molecule has 1 fully saturated rings. The van der Waals surface area contributed by atoms with Crippen LogP contribution >= 0.6 is 0 Å². The van der Waals surface area contributed by atoms with Crippen LogP contribution in [0, 0.1) is 0 Å². The molecule has 1 aliphatic heterocycles. The molecule has 4 aromatic rings. The third kappa shape index (κ3) is 8.36. The number of unbranched alkanes of at least 4 members (excludes halogenated alkanes) is 1. The number of carbonyl (C=O) groups excluding carboxylic acids is 1. The molecule has 0 amide bonds. The Balaban J connectivity index is 1.49. The minimum atomic E-state index is -2.89. The standard InChI is InChI=1S/C40H46O6Si/c1-5-6-19-28-42-39-37(46-38(41)32-22-13-8-14-23-32)36(43-29-31-20-11-7-12-21-31)35(45-39)30-44-47(40(2,3)4,33-24-15-9-16-25-33)34-26-17-10-18-27-34/h5,7-18,20-27,35-37,39H,1,6,19,28-30H2,2-4H3. The molecule has 0 spiro atoms. The fourth-order valence-corrected chi connectivity index (χ4v) is 10.8. The monoisotopic (exact) mass is 650 g/mol. The van der Waals surface area contributed by atoms with E-state index in [4.69, 9.17) is 23.4 Å². The number of ether oxygens (including phenoxy) is 4. The maximum absolute atomic E-state index is 13.4. The van der Waals surface area contributed by atoms with Crippen molar-refractivity contribution in [3.63, 3.8) is 0 Å². The van der Waals surface area contributed by atoms with Crippen LogP contribution in [0.2, 0.25) is 5.04 Å². The molecule has 6 nitrogen and oxygen atoms in total. The summed E-state index contributed by atoms with van der Waals surface area (Å²) >= 11 is 0. The maximum Gasteiger partial charge on any atom is 0.338 e. The Hall–Kier alpha value is -3.85. The quantitative estimate of drug-likeness (QED) is 0.0593. The number of hydrogen-bond acceptors (Lipinski definition) is 6. The van der Waals surface area contributed by atoms with Crippen molar-refractivity contribution in [1.82, 2.24) is 0 Å². The van der Waals surface area contributed by atoms with Gasteiger partial charge in [0.2, 0.25) is 0 Å². The predicted molar refractivity (Wildman–Crippen MR) is 188 cm³/mol. The first kappa shape index (κ1) is 34.5. The van der Waals surface area contributed by atoms with Crippen LogP contribution in [0.1, 0.15) is 49.5 Å². The van der Waals surface area contributed by atoms with E-state index in [1.807, 2.05) is 66.7 Å². The second kappa shape index (κ2) is 16.3. The van der Waals surface area contributed by atoms with Gasteiger partial charge in [-0.3, -0.25) is 0 Å². The smallest absolute Gasteiger partial charge is 0.338 e. The van der Waals surface area contributed by atoms with E-state index in [9.17, 15) is 4.79 Å². The van der Waals surface area contributed by atoms with Gasteiger partial charge >= 0.3 is 5.97 Å². The minimum absolute atomic E-state index is 0.221. The van der Waals surface area contributed by atoms with Gasteiger partial charge in [0.15, 0.2) is 12.4 Å². The van der Waals surface area contributed by atoms with Crippen molar-refractivity contribution in [3.8, 4) is 0 Å². The molecular formula is C40H46O6Si. The molecule has 0 aliphatic carbocycles. The maximum atomic E-state index is 13.4. The molecule has 7 heteroatoms. The second-order valence-electron chi connectivity index (χ2n) is 12.8. The molecule has 1 heterocycles. The van der Waals surface area contributed by atoms with Crippen molar-refractivity contribution in [2.75, 3.05) is 13.2 Å². The zero-order chi connectivity index (χ0) is 33.1. The van der Waals surface area contributed by atoms with Gasteiger partial charge in [-0.15, -0.1) is 6.58 Å². The third-order valence-electron chi connectivity index (χ3n) is 8.52. The van der Waals surface area contributed by atoms with Crippen molar-refractivity contribution in [2.24, 2.45) is 0 Å². The van der Waals surface area contributed by atoms with Crippen molar-refractivity contribution in [1.29, 1.82) is 0 Å². The minimum Gasteiger partial charge on any atom is -0.450 e. The normalized spacial score (nSPS) is 19.7. The number of esters is 1. The molecule has 0 saturated carbocycles. The highest BCUT2D eigenvalue weighted by atomic mass is 28.4. The zero-order valence-corrected chi connectivity index (χ0v) is 28.6. The molecule has 4 atom stereocenters. The fraction of sp³-hybridized carbons (Fsp3) is 0.325. The summed E-state index contributed by atoms with van der Waals surface area (Å²) in [4.78, 5) is 13.4. The van der Waals surface area contributed by atoms with Gasteiger partial charge in [-0.1, -0.05) is 136 Å². The first-order valence-corrected chi connectivity index (χ1v) is 18.3. The molecule has 47 heavy (non-hydrogen) atoms. The first-order valence-electron chi connectivity index (χ1n) is 16.4. The summed E-state index contributed by atoms with van der Waals surface area (Å²) < 4.78 is 33.0. The summed E-state index contributed by atoms with van der Waals surface area (Å²) in [5.41, 5.74) is 1.45. The third-order valence-corrected chi connectivity index (χ3v) is 13.5. The molecule has 0 radical (unpaired) electrons. The van der Waals surface area contributed by atoms with Crippen LogP contribution in [0.5, 0.6) is 0 Å². The lowest BCUT2D eigenvalue weighted by atomic mass is 10.1. The average Bonchev–Trinajstić information content (AvgIpc) is 3.42. The van der Waals surface area contributed by atoms with Crippen molar-refractivity contribution in [3.05, 3.63) is 145 Å². The molecule has 4 aromatic carbocycles. The summed E-state index contributed by atoms with van der Waals surface area (Å²) in [5.74, 6) is -0.458. The number of allylic oxidation sites excluding steroid dienone is 1. The Morgan fingerprint density at radius 2 is 1.34 bits per heavy atom. The Bertz CT molecular complexity index is 1490. The predicted octanol–water partition coefficient (Wildman–Crippen LogP) is 7.08. The van der Waals surface area contributed by atoms with E-state index < -0.39 is 38.9 Å². The number of rotatable bonds is 15. The molecule has 246 valence electrons. The van der Waals surface area contributed by atoms with Crippen molar-refractivity contribution >= 4 is 24.7 Å². The van der Waals surface area contributed by atoms with E-state index in [0.717, 1.165) is 18.4 Å². The summed E-state index contributed by atoms with van der Waals surface area (Å²) in [6.45, 7) is 11.5. The lowest BCUT2D eigenvalue weighted by molar-refractivity contribution is -0.170. The second-order valence-corrected chi connectivity index (χ2v) is 17.1. The lowest BCUT2D eigenvalue weighted by Gasteiger charge is -2.43. The Morgan fingerprint density at radius 1 is 0.787 bits per heavy atom. The highest BCUT2D eigenvalue weighted by Crippen LogP contribution is 2.38. The van der Waals surface area contributed by atoms with Crippen LogP contribution in [0.4, 0.5) is 0 Å². The van der Waals surface area contributed by atoms with Gasteiger partial charge in [-0.2, -0.15) is 0 Å². The SMILES string of the molecule is C=CCCCOC1OC(CO[Si](c2ccccc2)(c2ccccc2)C(C)(C)C)C(OCc2ccccc2)C1OC(=O)c1ccccc1. The largest absolute Gasteiger partial charge is 0.450 e. The lowest BCUT2D eigenvalue weighted by Crippen LogP contribution is -2.67. The van der Waals surface area contributed by atoms with Crippen LogP contribution in [-0.2, 0) is 30.0 Å². The molecule has 1 saturated heterocycles. The van der Waals surface area contributed by atoms with E-state index in [2.05, 4.69) is 75.9 Å². The Kier molecular flexibility index (Phi) is 12.0. The molecule has 1 aliphatic rings. The first-order chi connectivity index (χ1) is 22.8.